The Balaban J connectivity index is 2.09. The standard InChI is InChI=1S/C12H13NO3/c14-11-7-9(12(15)16)10(13-11)6-8-4-2-1-3-5-8/h1-5,9-10H,6-7H2,(H,13,14)(H,15,16)/t9-,10+/m0/s1. The Labute approximate surface area is 93.3 Å². The van der Waals surface area contributed by atoms with Gasteiger partial charge in [-0.25, -0.2) is 0 Å². The van der Waals surface area contributed by atoms with Crippen LogP contribution >= 0.6 is 0 Å². The molecule has 1 amide bonds. The third-order valence-electron chi connectivity index (χ3n) is 2.85. The summed E-state index contributed by atoms with van der Waals surface area (Å²) >= 11 is 0. The molecule has 1 fully saturated rings. The summed E-state index contributed by atoms with van der Waals surface area (Å²) in [6, 6.07) is 9.30. The molecule has 84 valence electrons. The van der Waals surface area contributed by atoms with Crippen molar-refractivity contribution in [3.8, 4) is 0 Å². The third-order valence-corrected chi connectivity index (χ3v) is 2.85. The SMILES string of the molecule is O=C1C[C@H](C(=O)O)[C@@H](Cc2ccccc2)N1. The molecule has 0 bridgehead atoms. The van der Waals surface area contributed by atoms with Crippen LogP contribution in [0.1, 0.15) is 12.0 Å². The number of amides is 1. The molecule has 0 unspecified atom stereocenters. The van der Waals surface area contributed by atoms with Crippen LogP contribution in [0.25, 0.3) is 0 Å². The molecule has 1 heterocycles. The lowest BCUT2D eigenvalue weighted by Crippen LogP contribution is -2.34. The molecule has 0 saturated carbocycles. The molecule has 2 atom stereocenters. The Morgan fingerprint density at radius 2 is 2.06 bits per heavy atom. The summed E-state index contributed by atoms with van der Waals surface area (Å²) in [7, 11) is 0. The molecule has 16 heavy (non-hydrogen) atoms. The first kappa shape index (κ1) is 10.7. The van der Waals surface area contributed by atoms with E-state index in [-0.39, 0.29) is 18.4 Å². The molecule has 2 rings (SSSR count). The number of carbonyl (C=O) groups is 2. The van der Waals surface area contributed by atoms with Gasteiger partial charge in [0.05, 0.1) is 5.92 Å². The first-order valence-electron chi connectivity index (χ1n) is 5.23. The van der Waals surface area contributed by atoms with E-state index in [4.69, 9.17) is 5.11 Å². The van der Waals surface area contributed by atoms with Crippen molar-refractivity contribution in [1.29, 1.82) is 0 Å². The molecular weight excluding hydrogens is 206 g/mol. The zero-order chi connectivity index (χ0) is 11.5. The van der Waals surface area contributed by atoms with E-state index in [1.54, 1.807) is 0 Å². The number of hydrogen-bond donors (Lipinski definition) is 2. The summed E-state index contributed by atoms with van der Waals surface area (Å²) < 4.78 is 0. The Kier molecular flexibility index (Phi) is 2.90. The maximum atomic E-state index is 11.2. The summed E-state index contributed by atoms with van der Waals surface area (Å²) in [5.41, 5.74) is 1.04. The number of carboxylic acid groups (broad SMARTS) is 1. The molecule has 0 radical (unpaired) electrons. The fourth-order valence-corrected chi connectivity index (χ4v) is 2.03. The highest BCUT2D eigenvalue weighted by atomic mass is 16.4. The van der Waals surface area contributed by atoms with Crippen LogP contribution in [0.2, 0.25) is 0 Å². The zero-order valence-electron chi connectivity index (χ0n) is 8.72. The molecule has 1 aromatic rings. The molecule has 2 N–H and O–H groups in total. The van der Waals surface area contributed by atoms with Gasteiger partial charge in [-0.2, -0.15) is 0 Å². The van der Waals surface area contributed by atoms with E-state index in [0.29, 0.717) is 6.42 Å². The van der Waals surface area contributed by atoms with Crippen LogP contribution in [0.15, 0.2) is 30.3 Å². The van der Waals surface area contributed by atoms with Gasteiger partial charge >= 0.3 is 5.97 Å². The van der Waals surface area contributed by atoms with Gasteiger partial charge in [0.1, 0.15) is 0 Å². The second-order valence-corrected chi connectivity index (χ2v) is 4.01. The molecule has 0 aliphatic carbocycles. The normalized spacial score (nSPS) is 24.1. The zero-order valence-corrected chi connectivity index (χ0v) is 8.72. The average molecular weight is 219 g/mol. The van der Waals surface area contributed by atoms with Crippen LogP contribution in [0.4, 0.5) is 0 Å². The maximum Gasteiger partial charge on any atom is 0.309 e. The van der Waals surface area contributed by atoms with Gasteiger partial charge in [0.25, 0.3) is 0 Å². The largest absolute Gasteiger partial charge is 0.481 e. The maximum absolute atomic E-state index is 11.2. The second-order valence-electron chi connectivity index (χ2n) is 4.01. The van der Waals surface area contributed by atoms with Crippen LogP contribution in [0, 0.1) is 5.92 Å². The van der Waals surface area contributed by atoms with Gasteiger partial charge in [-0.3, -0.25) is 9.59 Å². The number of nitrogens with one attached hydrogen (secondary N) is 1. The van der Waals surface area contributed by atoms with E-state index in [0.717, 1.165) is 5.56 Å². The van der Waals surface area contributed by atoms with Gasteiger partial charge in [0.15, 0.2) is 0 Å². The Bertz CT molecular complexity index is 402. The quantitative estimate of drug-likeness (QED) is 0.790. The summed E-state index contributed by atoms with van der Waals surface area (Å²) in [4.78, 5) is 22.1. The summed E-state index contributed by atoms with van der Waals surface area (Å²) in [5, 5.41) is 11.7. The molecule has 1 aromatic carbocycles. The number of carboxylic acids is 1. The van der Waals surface area contributed by atoms with Crippen LogP contribution < -0.4 is 5.32 Å². The molecule has 0 spiro atoms. The minimum Gasteiger partial charge on any atom is -0.481 e. The van der Waals surface area contributed by atoms with Gasteiger partial charge in [-0.05, 0) is 12.0 Å². The highest BCUT2D eigenvalue weighted by molar-refractivity contribution is 5.86. The van der Waals surface area contributed by atoms with E-state index in [9.17, 15) is 9.59 Å². The van der Waals surface area contributed by atoms with E-state index < -0.39 is 11.9 Å². The predicted octanol–water partition coefficient (Wildman–Crippen LogP) is 0.818. The molecular formula is C12H13NO3. The van der Waals surface area contributed by atoms with E-state index in [2.05, 4.69) is 5.32 Å². The van der Waals surface area contributed by atoms with Crippen LogP contribution in [-0.4, -0.2) is 23.0 Å². The predicted molar refractivity (Wildman–Crippen MR) is 57.8 cm³/mol. The van der Waals surface area contributed by atoms with Crippen molar-refractivity contribution in [2.75, 3.05) is 0 Å². The number of aliphatic carboxylic acids is 1. The van der Waals surface area contributed by atoms with Crippen LogP contribution in [-0.2, 0) is 16.0 Å². The number of hydrogen-bond acceptors (Lipinski definition) is 2. The molecule has 4 nitrogen and oxygen atoms in total. The molecule has 4 heteroatoms. The lowest BCUT2D eigenvalue weighted by Gasteiger charge is -2.15. The molecule has 1 aliphatic heterocycles. The van der Waals surface area contributed by atoms with E-state index in [1.165, 1.54) is 0 Å². The van der Waals surface area contributed by atoms with E-state index in [1.807, 2.05) is 30.3 Å². The van der Waals surface area contributed by atoms with Crippen molar-refractivity contribution in [3.63, 3.8) is 0 Å². The smallest absolute Gasteiger partial charge is 0.309 e. The molecule has 1 saturated heterocycles. The summed E-state index contributed by atoms with van der Waals surface area (Å²) in [5.74, 6) is -1.68. The van der Waals surface area contributed by atoms with Crippen molar-refractivity contribution in [2.45, 2.75) is 18.9 Å². The van der Waals surface area contributed by atoms with Gasteiger partial charge in [0.2, 0.25) is 5.91 Å². The lowest BCUT2D eigenvalue weighted by molar-refractivity contribution is -0.142. The third kappa shape index (κ3) is 2.21. The molecule has 1 aliphatic rings. The summed E-state index contributed by atoms with van der Waals surface area (Å²) in [6.07, 6.45) is 0.663. The van der Waals surface area contributed by atoms with Crippen LogP contribution in [0.3, 0.4) is 0 Å². The van der Waals surface area contributed by atoms with Crippen molar-refractivity contribution in [3.05, 3.63) is 35.9 Å². The second kappa shape index (κ2) is 4.35. The van der Waals surface area contributed by atoms with Gasteiger partial charge in [0, 0.05) is 12.5 Å². The van der Waals surface area contributed by atoms with Gasteiger partial charge < -0.3 is 10.4 Å². The van der Waals surface area contributed by atoms with Crippen molar-refractivity contribution in [1.82, 2.24) is 5.32 Å². The van der Waals surface area contributed by atoms with Gasteiger partial charge in [-0.1, -0.05) is 30.3 Å². The van der Waals surface area contributed by atoms with Gasteiger partial charge in [-0.15, -0.1) is 0 Å². The number of rotatable bonds is 3. The van der Waals surface area contributed by atoms with Crippen molar-refractivity contribution >= 4 is 11.9 Å². The van der Waals surface area contributed by atoms with E-state index >= 15 is 0 Å². The first-order valence-corrected chi connectivity index (χ1v) is 5.23. The Morgan fingerprint density at radius 1 is 1.38 bits per heavy atom. The fourth-order valence-electron chi connectivity index (χ4n) is 2.03. The monoisotopic (exact) mass is 219 g/mol. The topological polar surface area (TPSA) is 66.4 Å². The summed E-state index contributed by atoms with van der Waals surface area (Å²) in [6.45, 7) is 0. The number of carbonyl (C=O) groups excluding carboxylic acids is 1. The minimum atomic E-state index is -0.903. The molecule has 0 aromatic heterocycles. The van der Waals surface area contributed by atoms with Crippen molar-refractivity contribution < 1.29 is 14.7 Å². The first-order chi connectivity index (χ1) is 7.66. The Morgan fingerprint density at radius 3 is 2.69 bits per heavy atom. The average Bonchev–Trinajstić information content (AvgIpc) is 2.61. The Hall–Kier alpha value is -1.84. The van der Waals surface area contributed by atoms with Crippen molar-refractivity contribution in [2.24, 2.45) is 5.92 Å². The minimum absolute atomic E-state index is 0.0901. The lowest BCUT2D eigenvalue weighted by atomic mass is 9.95. The van der Waals surface area contributed by atoms with Crippen LogP contribution in [0.5, 0.6) is 0 Å². The highest BCUT2D eigenvalue weighted by Gasteiger charge is 2.37. The highest BCUT2D eigenvalue weighted by Crippen LogP contribution is 2.20. The fraction of sp³-hybridized carbons (Fsp3) is 0.333. The number of benzene rings is 1.